The van der Waals surface area contributed by atoms with Gasteiger partial charge in [-0.2, -0.15) is 4.39 Å². The van der Waals surface area contributed by atoms with Gasteiger partial charge in [-0.3, -0.25) is 0 Å². The van der Waals surface area contributed by atoms with Crippen LogP contribution in [0.1, 0.15) is 107 Å². The molecule has 2 aliphatic carbocycles. The smallest absolute Gasteiger partial charge is 0.200 e. The van der Waals surface area contributed by atoms with Gasteiger partial charge in [0, 0.05) is 0 Å². The second-order valence-corrected chi connectivity index (χ2v) is 11.4. The van der Waals surface area contributed by atoms with Gasteiger partial charge in [0.05, 0.1) is 6.61 Å². The van der Waals surface area contributed by atoms with Gasteiger partial charge in [-0.15, -0.1) is 0 Å². The molecule has 1 nitrogen and oxygen atoms in total. The summed E-state index contributed by atoms with van der Waals surface area (Å²) in [4.78, 5) is 0. The van der Waals surface area contributed by atoms with E-state index in [1.165, 1.54) is 49.7 Å². The maximum Gasteiger partial charge on any atom is 0.200 e. The lowest BCUT2D eigenvalue weighted by atomic mass is 9.68. The molecular weight excluding hydrogens is 462 g/mol. The second kappa shape index (κ2) is 14.1. The topological polar surface area (TPSA) is 9.23 Å². The maximum atomic E-state index is 14.8. The fourth-order valence-electron chi connectivity index (χ4n) is 6.60. The van der Waals surface area contributed by atoms with E-state index < -0.39 is 11.6 Å². The summed E-state index contributed by atoms with van der Waals surface area (Å²) in [5, 5.41) is 0. The van der Waals surface area contributed by atoms with Crippen molar-refractivity contribution in [2.45, 2.75) is 103 Å². The van der Waals surface area contributed by atoms with Crippen molar-refractivity contribution in [1.82, 2.24) is 0 Å². The van der Waals surface area contributed by atoms with E-state index in [-0.39, 0.29) is 11.7 Å². The molecule has 2 saturated carbocycles. The molecule has 202 valence electrons. The minimum atomic E-state index is -0.815. The summed E-state index contributed by atoms with van der Waals surface area (Å²) < 4.78 is 34.6. The van der Waals surface area contributed by atoms with E-state index >= 15 is 0 Å². The standard InChI is InChI=1S/C34H46F2O/c1-3-7-25-10-12-26(13-11-25)8-5-6-9-27-14-16-28(17-15-27)29-18-20-30(21-19-29)31-22-23-32(37-24-4-2)34(36)33(31)35/h6,9-13,22-23,27-30H,3-5,7-8,14-21,24H2,1-2H3. The Hall–Kier alpha value is -2.16. The molecule has 0 aromatic heterocycles. The van der Waals surface area contributed by atoms with E-state index in [9.17, 15) is 8.78 Å². The molecule has 2 aromatic rings. The quantitative estimate of drug-likeness (QED) is 0.274. The van der Waals surface area contributed by atoms with Crippen LogP contribution in [0.25, 0.3) is 0 Å². The molecule has 0 heterocycles. The molecule has 2 fully saturated rings. The number of halogens is 2. The van der Waals surface area contributed by atoms with Crippen LogP contribution < -0.4 is 4.74 Å². The van der Waals surface area contributed by atoms with Gasteiger partial charge in [0.1, 0.15) is 0 Å². The van der Waals surface area contributed by atoms with Gasteiger partial charge in [0.2, 0.25) is 5.82 Å². The van der Waals surface area contributed by atoms with Gasteiger partial charge in [0.15, 0.2) is 11.6 Å². The zero-order valence-electron chi connectivity index (χ0n) is 23.0. The Labute approximate surface area is 223 Å². The van der Waals surface area contributed by atoms with E-state index in [1.54, 1.807) is 12.1 Å². The summed E-state index contributed by atoms with van der Waals surface area (Å²) in [5.74, 6) is 0.944. The molecule has 4 rings (SSSR count). The molecule has 0 amide bonds. The number of benzene rings is 2. The molecule has 0 unspecified atom stereocenters. The summed E-state index contributed by atoms with van der Waals surface area (Å²) in [6.07, 6.45) is 19.7. The average molecular weight is 509 g/mol. The lowest BCUT2D eigenvalue weighted by Crippen LogP contribution is -2.25. The van der Waals surface area contributed by atoms with Crippen LogP contribution in [0.2, 0.25) is 0 Å². The van der Waals surface area contributed by atoms with E-state index in [4.69, 9.17) is 4.74 Å². The van der Waals surface area contributed by atoms with Crippen LogP contribution in [-0.2, 0) is 12.8 Å². The highest BCUT2D eigenvalue weighted by Gasteiger charge is 2.32. The fourth-order valence-corrected chi connectivity index (χ4v) is 6.60. The number of hydrogen-bond donors (Lipinski definition) is 0. The van der Waals surface area contributed by atoms with Crippen molar-refractivity contribution in [1.29, 1.82) is 0 Å². The lowest BCUT2D eigenvalue weighted by Gasteiger charge is -2.37. The zero-order chi connectivity index (χ0) is 26.0. The Morgan fingerprint density at radius 1 is 0.730 bits per heavy atom. The fraction of sp³-hybridized carbons (Fsp3) is 0.588. The van der Waals surface area contributed by atoms with Gasteiger partial charge in [-0.25, -0.2) is 4.39 Å². The predicted octanol–water partition coefficient (Wildman–Crippen LogP) is 9.98. The minimum absolute atomic E-state index is 0.0451. The monoisotopic (exact) mass is 508 g/mol. The van der Waals surface area contributed by atoms with Crippen molar-refractivity contribution in [3.8, 4) is 5.75 Å². The molecule has 0 aliphatic heterocycles. The Morgan fingerprint density at radius 3 is 1.97 bits per heavy atom. The second-order valence-electron chi connectivity index (χ2n) is 11.4. The Kier molecular flexibility index (Phi) is 10.6. The summed E-state index contributed by atoms with van der Waals surface area (Å²) in [6.45, 7) is 4.60. The van der Waals surface area contributed by atoms with Crippen molar-refractivity contribution >= 4 is 0 Å². The molecule has 37 heavy (non-hydrogen) atoms. The summed E-state index contributed by atoms with van der Waals surface area (Å²) >= 11 is 0. The van der Waals surface area contributed by atoms with Crippen LogP contribution in [0.3, 0.4) is 0 Å². The molecule has 0 spiro atoms. The first-order valence-corrected chi connectivity index (χ1v) is 14.9. The first-order valence-electron chi connectivity index (χ1n) is 14.9. The van der Waals surface area contributed by atoms with Crippen LogP contribution in [0.15, 0.2) is 48.6 Å². The molecule has 2 aromatic carbocycles. The molecule has 2 aliphatic rings. The summed E-state index contributed by atoms with van der Waals surface area (Å²) in [6, 6.07) is 12.5. The van der Waals surface area contributed by atoms with Crippen LogP contribution in [-0.4, -0.2) is 6.61 Å². The third kappa shape index (κ3) is 7.68. The van der Waals surface area contributed by atoms with Gasteiger partial charge < -0.3 is 4.74 Å². The molecule has 0 N–H and O–H groups in total. The van der Waals surface area contributed by atoms with Gasteiger partial charge in [-0.1, -0.05) is 62.8 Å². The number of hydrogen-bond acceptors (Lipinski definition) is 1. The first kappa shape index (κ1) is 27.9. The number of allylic oxidation sites excluding steroid dienone is 2. The predicted molar refractivity (Wildman–Crippen MR) is 150 cm³/mol. The first-order chi connectivity index (χ1) is 18.1. The van der Waals surface area contributed by atoms with Crippen molar-refractivity contribution in [3.05, 3.63) is 76.9 Å². The molecule has 3 heteroatoms. The Morgan fingerprint density at radius 2 is 1.35 bits per heavy atom. The Balaban J connectivity index is 1.17. The zero-order valence-corrected chi connectivity index (χ0v) is 23.0. The largest absolute Gasteiger partial charge is 0.490 e. The highest BCUT2D eigenvalue weighted by atomic mass is 19.2. The van der Waals surface area contributed by atoms with Crippen LogP contribution in [0, 0.1) is 29.4 Å². The van der Waals surface area contributed by atoms with Gasteiger partial charge >= 0.3 is 0 Å². The van der Waals surface area contributed by atoms with Crippen LogP contribution in [0.4, 0.5) is 8.78 Å². The van der Waals surface area contributed by atoms with E-state index in [1.807, 2.05) is 6.92 Å². The lowest BCUT2D eigenvalue weighted by molar-refractivity contribution is 0.170. The van der Waals surface area contributed by atoms with Crippen molar-refractivity contribution in [2.75, 3.05) is 6.61 Å². The van der Waals surface area contributed by atoms with Crippen molar-refractivity contribution < 1.29 is 13.5 Å². The minimum Gasteiger partial charge on any atom is -0.490 e. The molecule has 0 atom stereocenters. The Bertz CT molecular complexity index is 980. The van der Waals surface area contributed by atoms with Gasteiger partial charge in [-0.05, 0) is 123 Å². The third-order valence-electron chi connectivity index (χ3n) is 8.80. The van der Waals surface area contributed by atoms with E-state index in [0.717, 1.165) is 62.7 Å². The van der Waals surface area contributed by atoms with Crippen molar-refractivity contribution in [3.63, 3.8) is 0 Å². The van der Waals surface area contributed by atoms with E-state index in [2.05, 4.69) is 43.3 Å². The normalized spacial score (nSPS) is 24.4. The number of ether oxygens (including phenoxy) is 1. The average Bonchev–Trinajstić information content (AvgIpc) is 2.93. The number of rotatable bonds is 11. The van der Waals surface area contributed by atoms with Crippen molar-refractivity contribution in [2.24, 2.45) is 17.8 Å². The highest BCUT2D eigenvalue weighted by molar-refractivity contribution is 5.33. The molecular formula is C34H46F2O. The van der Waals surface area contributed by atoms with Gasteiger partial charge in [0.25, 0.3) is 0 Å². The molecule has 0 saturated heterocycles. The summed E-state index contributed by atoms with van der Waals surface area (Å²) in [5.41, 5.74) is 3.43. The third-order valence-corrected chi connectivity index (χ3v) is 8.80. The SMILES string of the molecule is CCCOc1ccc(C2CCC(C3CCC(C=CCCc4ccc(CCC)cc4)CC3)CC2)c(F)c1F. The highest BCUT2D eigenvalue weighted by Crippen LogP contribution is 2.45. The molecule has 0 bridgehead atoms. The maximum absolute atomic E-state index is 14.8. The summed E-state index contributed by atoms with van der Waals surface area (Å²) in [7, 11) is 0. The van der Waals surface area contributed by atoms with Crippen LogP contribution >= 0.6 is 0 Å². The van der Waals surface area contributed by atoms with E-state index in [0.29, 0.717) is 12.2 Å². The van der Waals surface area contributed by atoms with Crippen LogP contribution in [0.5, 0.6) is 5.75 Å². The number of aryl methyl sites for hydroxylation is 2. The molecule has 0 radical (unpaired) electrons.